The molecule has 0 saturated heterocycles. The van der Waals surface area contributed by atoms with Crippen LogP contribution in [0.5, 0.6) is 0 Å². The second-order valence-corrected chi connectivity index (χ2v) is 3.06. The Hall–Kier alpha value is -1.03. The minimum atomic E-state index is -0.942. The molecule has 1 aromatic rings. The van der Waals surface area contributed by atoms with Crippen LogP contribution in [0, 0.1) is 0 Å². The van der Waals surface area contributed by atoms with E-state index in [-0.39, 0.29) is 5.57 Å². The van der Waals surface area contributed by atoms with Crippen molar-refractivity contribution in [3.05, 3.63) is 28.1 Å². The highest BCUT2D eigenvalue weighted by Crippen LogP contribution is 2.16. The van der Waals surface area contributed by atoms with E-state index in [1.54, 1.807) is 12.1 Å². The highest BCUT2D eigenvalue weighted by atomic mass is 79.9. The van der Waals surface area contributed by atoms with Crippen LogP contribution in [-0.2, 0) is 4.79 Å². The van der Waals surface area contributed by atoms with Crippen molar-refractivity contribution in [1.29, 1.82) is 0 Å². The van der Waals surface area contributed by atoms with Gasteiger partial charge in [-0.1, -0.05) is 0 Å². The van der Waals surface area contributed by atoms with Crippen LogP contribution in [0.15, 0.2) is 26.8 Å². The average molecular weight is 231 g/mol. The van der Waals surface area contributed by atoms with E-state index in [1.165, 1.54) is 13.0 Å². The van der Waals surface area contributed by atoms with Gasteiger partial charge in [-0.2, -0.15) is 0 Å². The molecule has 1 heterocycles. The molecule has 0 bridgehead atoms. The van der Waals surface area contributed by atoms with E-state index in [0.717, 1.165) is 0 Å². The number of furan rings is 1. The first-order valence-electron chi connectivity index (χ1n) is 3.26. The summed E-state index contributed by atoms with van der Waals surface area (Å²) in [6, 6.07) is 3.40. The van der Waals surface area contributed by atoms with E-state index in [9.17, 15) is 4.79 Å². The zero-order valence-electron chi connectivity index (χ0n) is 6.37. The Morgan fingerprint density at radius 1 is 1.67 bits per heavy atom. The van der Waals surface area contributed by atoms with E-state index < -0.39 is 5.97 Å². The molecular formula is C8H7BrO3. The molecule has 64 valence electrons. The molecule has 0 saturated carbocycles. The molecule has 3 nitrogen and oxygen atoms in total. The van der Waals surface area contributed by atoms with Gasteiger partial charge >= 0.3 is 5.97 Å². The van der Waals surface area contributed by atoms with Gasteiger partial charge in [0, 0.05) is 5.57 Å². The van der Waals surface area contributed by atoms with Crippen LogP contribution in [0.4, 0.5) is 0 Å². The van der Waals surface area contributed by atoms with Crippen molar-refractivity contribution in [1.82, 2.24) is 0 Å². The number of hydrogen-bond donors (Lipinski definition) is 1. The molecule has 0 spiro atoms. The van der Waals surface area contributed by atoms with Crippen molar-refractivity contribution in [3.8, 4) is 0 Å². The summed E-state index contributed by atoms with van der Waals surface area (Å²) in [5, 5.41) is 8.53. The van der Waals surface area contributed by atoms with Crippen molar-refractivity contribution < 1.29 is 14.3 Å². The zero-order valence-corrected chi connectivity index (χ0v) is 7.96. The topological polar surface area (TPSA) is 50.4 Å². The van der Waals surface area contributed by atoms with Crippen molar-refractivity contribution in [2.75, 3.05) is 0 Å². The zero-order chi connectivity index (χ0) is 9.14. The maximum Gasteiger partial charge on any atom is 0.331 e. The Bertz CT molecular complexity index is 325. The highest BCUT2D eigenvalue weighted by Gasteiger charge is 2.01. The second kappa shape index (κ2) is 3.58. The molecule has 0 aliphatic heterocycles. The molecule has 0 aromatic carbocycles. The summed E-state index contributed by atoms with van der Waals surface area (Å²) in [5.74, 6) is -0.413. The van der Waals surface area contributed by atoms with Gasteiger partial charge in [-0.3, -0.25) is 0 Å². The summed E-state index contributed by atoms with van der Waals surface area (Å²) in [7, 11) is 0. The maximum absolute atomic E-state index is 10.4. The van der Waals surface area contributed by atoms with Gasteiger partial charge in [0.2, 0.25) is 0 Å². The van der Waals surface area contributed by atoms with Gasteiger partial charge in [-0.25, -0.2) is 4.79 Å². The molecule has 1 aromatic heterocycles. The highest BCUT2D eigenvalue weighted by molar-refractivity contribution is 9.10. The summed E-state index contributed by atoms with van der Waals surface area (Å²) >= 11 is 3.12. The van der Waals surface area contributed by atoms with Gasteiger partial charge in [0.25, 0.3) is 0 Å². The maximum atomic E-state index is 10.4. The Morgan fingerprint density at radius 3 is 2.75 bits per heavy atom. The molecule has 0 amide bonds. The fraction of sp³-hybridized carbons (Fsp3) is 0.125. The predicted octanol–water partition coefficient (Wildman–Crippen LogP) is 2.53. The Labute approximate surface area is 77.8 Å². The third kappa shape index (κ3) is 2.23. The van der Waals surface area contributed by atoms with Gasteiger partial charge < -0.3 is 9.52 Å². The van der Waals surface area contributed by atoms with Crippen LogP contribution in [0.2, 0.25) is 0 Å². The number of carboxylic acid groups (broad SMARTS) is 1. The van der Waals surface area contributed by atoms with Crippen LogP contribution in [0.25, 0.3) is 6.08 Å². The lowest BCUT2D eigenvalue weighted by Crippen LogP contribution is -1.94. The van der Waals surface area contributed by atoms with Crippen molar-refractivity contribution in [2.24, 2.45) is 0 Å². The Balaban J connectivity index is 2.87. The van der Waals surface area contributed by atoms with Gasteiger partial charge in [-0.15, -0.1) is 0 Å². The predicted molar refractivity (Wildman–Crippen MR) is 47.7 cm³/mol. The molecule has 12 heavy (non-hydrogen) atoms. The lowest BCUT2D eigenvalue weighted by atomic mass is 10.2. The summed E-state index contributed by atoms with van der Waals surface area (Å²) in [6.07, 6.45) is 1.47. The minimum Gasteiger partial charge on any atom is -0.478 e. The SMILES string of the molecule is C/C(=C/c1ccc(Br)o1)C(=O)O. The normalized spacial score (nSPS) is 11.7. The van der Waals surface area contributed by atoms with E-state index >= 15 is 0 Å². The number of aliphatic carboxylic acids is 1. The van der Waals surface area contributed by atoms with Crippen LogP contribution >= 0.6 is 15.9 Å². The number of hydrogen-bond acceptors (Lipinski definition) is 2. The van der Waals surface area contributed by atoms with Gasteiger partial charge in [-0.05, 0) is 41.1 Å². The van der Waals surface area contributed by atoms with Gasteiger partial charge in [0.15, 0.2) is 4.67 Å². The fourth-order valence-electron chi connectivity index (χ4n) is 0.681. The molecule has 0 fully saturated rings. The summed E-state index contributed by atoms with van der Waals surface area (Å²) in [6.45, 7) is 1.51. The fourth-order valence-corrected chi connectivity index (χ4v) is 1.00. The first-order valence-corrected chi connectivity index (χ1v) is 4.06. The Morgan fingerprint density at radius 2 is 2.33 bits per heavy atom. The number of carbonyl (C=O) groups is 1. The number of carboxylic acids is 1. The first kappa shape index (κ1) is 9.06. The largest absolute Gasteiger partial charge is 0.478 e. The molecule has 0 radical (unpaired) electrons. The summed E-state index contributed by atoms with van der Waals surface area (Å²) in [4.78, 5) is 10.4. The van der Waals surface area contributed by atoms with E-state index in [4.69, 9.17) is 9.52 Å². The second-order valence-electron chi connectivity index (χ2n) is 2.27. The lowest BCUT2D eigenvalue weighted by Gasteiger charge is -1.89. The van der Waals surface area contributed by atoms with E-state index in [0.29, 0.717) is 10.4 Å². The molecular weight excluding hydrogens is 224 g/mol. The quantitative estimate of drug-likeness (QED) is 0.795. The molecule has 0 aliphatic rings. The molecule has 4 heteroatoms. The molecule has 0 unspecified atom stereocenters. The summed E-state index contributed by atoms with van der Waals surface area (Å²) in [5.41, 5.74) is 0.247. The van der Waals surface area contributed by atoms with Crippen molar-refractivity contribution >= 4 is 28.0 Å². The van der Waals surface area contributed by atoms with Crippen LogP contribution in [0.3, 0.4) is 0 Å². The molecule has 0 atom stereocenters. The van der Waals surface area contributed by atoms with Crippen LogP contribution in [-0.4, -0.2) is 11.1 Å². The standard InChI is InChI=1S/C8H7BrO3/c1-5(8(10)11)4-6-2-3-7(9)12-6/h2-4H,1H3,(H,10,11)/b5-4-. The lowest BCUT2D eigenvalue weighted by molar-refractivity contribution is -0.132. The third-order valence-electron chi connectivity index (χ3n) is 1.29. The van der Waals surface area contributed by atoms with Crippen LogP contribution in [0.1, 0.15) is 12.7 Å². The molecule has 0 aliphatic carbocycles. The van der Waals surface area contributed by atoms with Crippen molar-refractivity contribution in [2.45, 2.75) is 6.92 Å². The van der Waals surface area contributed by atoms with Gasteiger partial charge in [0.05, 0.1) is 0 Å². The third-order valence-corrected chi connectivity index (χ3v) is 1.72. The first-order chi connectivity index (χ1) is 5.59. The number of rotatable bonds is 2. The minimum absolute atomic E-state index is 0.247. The average Bonchev–Trinajstić information content (AvgIpc) is 2.35. The Kier molecular flexibility index (Phi) is 2.70. The monoisotopic (exact) mass is 230 g/mol. The number of halogens is 1. The van der Waals surface area contributed by atoms with E-state index in [1.807, 2.05) is 0 Å². The van der Waals surface area contributed by atoms with Gasteiger partial charge in [0.1, 0.15) is 5.76 Å². The van der Waals surface area contributed by atoms with E-state index in [2.05, 4.69) is 15.9 Å². The molecule has 1 N–H and O–H groups in total. The molecule has 1 rings (SSSR count). The van der Waals surface area contributed by atoms with Crippen LogP contribution < -0.4 is 0 Å². The summed E-state index contributed by atoms with van der Waals surface area (Å²) < 4.78 is 5.67. The van der Waals surface area contributed by atoms with Crippen molar-refractivity contribution in [3.63, 3.8) is 0 Å². The smallest absolute Gasteiger partial charge is 0.331 e.